The molecule has 9 atom stereocenters. The van der Waals surface area contributed by atoms with Crippen LogP contribution in [0.5, 0.6) is 0 Å². The second-order valence-corrected chi connectivity index (χ2v) is 6.85. The highest BCUT2D eigenvalue weighted by molar-refractivity contribution is 5.13. The topological polar surface area (TPSA) is 158 Å². The lowest BCUT2D eigenvalue weighted by Gasteiger charge is -2.44. The van der Waals surface area contributed by atoms with Crippen LogP contribution in [0.3, 0.4) is 0 Å². The molecule has 0 amide bonds. The van der Waals surface area contributed by atoms with Crippen molar-refractivity contribution in [1.82, 2.24) is 0 Å². The molecule has 0 saturated carbocycles. The van der Waals surface area contributed by atoms with Gasteiger partial charge in [-0.15, -0.1) is 0 Å². The zero-order valence-electron chi connectivity index (χ0n) is 15.0. The van der Waals surface area contributed by atoms with E-state index in [1.165, 1.54) is 0 Å². The Balaban J connectivity index is 1.62. The SMILES string of the molecule is OC[C@H]1O[C@@H](OCc2ccccc2)[C@H](O)[C@@H](O)[C@@H]1O[C@@H]1OC[C@@H](O)[C@H](O)[C@H]1O. The van der Waals surface area contributed by atoms with Crippen molar-refractivity contribution in [2.24, 2.45) is 0 Å². The molecule has 0 aromatic heterocycles. The molecule has 2 saturated heterocycles. The molecule has 10 heteroatoms. The Bertz CT molecular complexity index is 599. The summed E-state index contributed by atoms with van der Waals surface area (Å²) in [6.45, 7) is -0.733. The molecule has 0 aliphatic carbocycles. The van der Waals surface area contributed by atoms with Crippen LogP contribution in [0.2, 0.25) is 0 Å². The van der Waals surface area contributed by atoms with Gasteiger partial charge in [0.05, 0.1) is 19.8 Å². The Morgan fingerprint density at radius 3 is 2.25 bits per heavy atom. The Morgan fingerprint density at radius 2 is 1.57 bits per heavy atom. The van der Waals surface area contributed by atoms with Gasteiger partial charge in [-0.25, -0.2) is 0 Å². The van der Waals surface area contributed by atoms with Gasteiger partial charge in [0.15, 0.2) is 12.6 Å². The van der Waals surface area contributed by atoms with Crippen molar-refractivity contribution >= 4 is 0 Å². The van der Waals surface area contributed by atoms with Gasteiger partial charge in [0, 0.05) is 0 Å². The monoisotopic (exact) mass is 402 g/mol. The number of rotatable bonds is 6. The molecule has 0 radical (unpaired) electrons. The van der Waals surface area contributed by atoms with E-state index in [4.69, 9.17) is 18.9 Å². The quantitative estimate of drug-likeness (QED) is 0.300. The van der Waals surface area contributed by atoms with E-state index in [2.05, 4.69) is 0 Å². The van der Waals surface area contributed by atoms with Crippen LogP contribution in [0.4, 0.5) is 0 Å². The summed E-state index contributed by atoms with van der Waals surface area (Å²) in [5.41, 5.74) is 0.831. The third kappa shape index (κ3) is 4.69. The lowest BCUT2D eigenvalue weighted by atomic mass is 9.98. The van der Waals surface area contributed by atoms with E-state index in [0.717, 1.165) is 5.56 Å². The number of ether oxygens (including phenoxy) is 4. The van der Waals surface area contributed by atoms with Crippen LogP contribution >= 0.6 is 0 Å². The zero-order valence-corrected chi connectivity index (χ0v) is 15.0. The van der Waals surface area contributed by atoms with Crippen LogP contribution in [0.15, 0.2) is 30.3 Å². The van der Waals surface area contributed by atoms with Gasteiger partial charge in [0.1, 0.15) is 42.7 Å². The minimum absolute atomic E-state index is 0.119. The first-order valence-electron chi connectivity index (χ1n) is 9.01. The summed E-state index contributed by atoms with van der Waals surface area (Å²) in [5, 5.41) is 59.6. The maximum Gasteiger partial charge on any atom is 0.187 e. The highest BCUT2D eigenvalue weighted by atomic mass is 16.7. The largest absolute Gasteiger partial charge is 0.394 e. The molecule has 28 heavy (non-hydrogen) atoms. The molecule has 158 valence electrons. The normalized spacial score (nSPS) is 41.7. The molecule has 3 rings (SSSR count). The van der Waals surface area contributed by atoms with Gasteiger partial charge in [0.25, 0.3) is 0 Å². The molecule has 0 unspecified atom stereocenters. The third-order valence-electron chi connectivity index (χ3n) is 4.82. The van der Waals surface area contributed by atoms with Gasteiger partial charge >= 0.3 is 0 Å². The molecular weight excluding hydrogens is 376 g/mol. The molecular formula is C18H26O10. The molecule has 6 N–H and O–H groups in total. The maximum absolute atomic E-state index is 10.4. The summed E-state index contributed by atoms with van der Waals surface area (Å²) in [5.74, 6) is 0. The van der Waals surface area contributed by atoms with Gasteiger partial charge in [-0.2, -0.15) is 0 Å². The van der Waals surface area contributed by atoms with Crippen molar-refractivity contribution in [2.75, 3.05) is 13.2 Å². The van der Waals surface area contributed by atoms with Crippen molar-refractivity contribution in [3.8, 4) is 0 Å². The first-order valence-corrected chi connectivity index (χ1v) is 9.01. The molecule has 2 aliphatic rings. The van der Waals surface area contributed by atoms with E-state index in [0.29, 0.717) is 0 Å². The fourth-order valence-electron chi connectivity index (χ4n) is 3.16. The second-order valence-electron chi connectivity index (χ2n) is 6.85. The fraction of sp³-hybridized carbons (Fsp3) is 0.667. The summed E-state index contributed by atoms with van der Waals surface area (Å²) in [7, 11) is 0. The first kappa shape index (κ1) is 21.5. The van der Waals surface area contributed by atoms with Gasteiger partial charge in [0.2, 0.25) is 0 Å². The smallest absolute Gasteiger partial charge is 0.187 e. The van der Waals surface area contributed by atoms with Gasteiger partial charge in [-0.3, -0.25) is 0 Å². The number of aliphatic hydroxyl groups is 6. The summed E-state index contributed by atoms with van der Waals surface area (Å²) < 4.78 is 21.7. The standard InChI is InChI=1S/C18H26O10/c19-6-11-16(28-18-14(23)12(21)10(20)8-26-18)13(22)15(24)17(27-11)25-7-9-4-2-1-3-5-9/h1-5,10-24H,6-8H2/t10-,11-,12+,13-,14-,15-,16-,17-,18+/m1/s1. The predicted octanol–water partition coefficient (Wildman–Crippen LogP) is -2.53. The highest BCUT2D eigenvalue weighted by Gasteiger charge is 2.49. The number of aliphatic hydroxyl groups excluding tert-OH is 6. The second kappa shape index (κ2) is 9.55. The van der Waals surface area contributed by atoms with Crippen molar-refractivity contribution < 1.29 is 49.6 Å². The van der Waals surface area contributed by atoms with Crippen molar-refractivity contribution in [3.63, 3.8) is 0 Å². The van der Waals surface area contributed by atoms with Crippen LogP contribution in [0.1, 0.15) is 5.56 Å². The van der Waals surface area contributed by atoms with Crippen molar-refractivity contribution in [1.29, 1.82) is 0 Å². The van der Waals surface area contributed by atoms with E-state index in [1.807, 2.05) is 30.3 Å². The number of hydrogen-bond donors (Lipinski definition) is 6. The maximum atomic E-state index is 10.4. The average Bonchev–Trinajstić information content (AvgIpc) is 2.71. The van der Waals surface area contributed by atoms with E-state index in [9.17, 15) is 30.6 Å². The molecule has 2 heterocycles. The minimum Gasteiger partial charge on any atom is -0.394 e. The summed E-state index contributed by atoms with van der Waals surface area (Å²) in [6.07, 6.45) is -12.3. The van der Waals surface area contributed by atoms with Gasteiger partial charge < -0.3 is 49.6 Å². The zero-order chi connectivity index (χ0) is 20.3. The van der Waals surface area contributed by atoms with Gasteiger partial charge in [-0.05, 0) is 5.56 Å². The predicted molar refractivity (Wildman–Crippen MR) is 91.6 cm³/mol. The van der Waals surface area contributed by atoms with Crippen molar-refractivity contribution in [3.05, 3.63) is 35.9 Å². The minimum atomic E-state index is -1.58. The summed E-state index contributed by atoms with van der Waals surface area (Å²) in [4.78, 5) is 0. The van der Waals surface area contributed by atoms with Gasteiger partial charge in [-0.1, -0.05) is 30.3 Å². The third-order valence-corrected chi connectivity index (χ3v) is 4.82. The van der Waals surface area contributed by atoms with E-state index in [1.54, 1.807) is 0 Å². The summed E-state index contributed by atoms with van der Waals surface area (Å²) in [6, 6.07) is 9.14. The number of hydrogen-bond acceptors (Lipinski definition) is 10. The fourth-order valence-corrected chi connectivity index (χ4v) is 3.16. The number of benzene rings is 1. The van der Waals surface area contributed by atoms with Crippen LogP contribution in [-0.4, -0.2) is 99.2 Å². The molecule has 0 spiro atoms. The lowest BCUT2D eigenvalue weighted by Crippen LogP contribution is -2.63. The molecule has 1 aromatic carbocycles. The van der Waals surface area contributed by atoms with Crippen LogP contribution in [0.25, 0.3) is 0 Å². The molecule has 1 aromatic rings. The van der Waals surface area contributed by atoms with Crippen molar-refractivity contribution in [2.45, 2.75) is 61.9 Å². The Morgan fingerprint density at radius 1 is 0.893 bits per heavy atom. The molecule has 0 bridgehead atoms. The van der Waals surface area contributed by atoms with E-state index in [-0.39, 0.29) is 13.2 Å². The Labute approximate surface area is 161 Å². The summed E-state index contributed by atoms with van der Waals surface area (Å²) >= 11 is 0. The average molecular weight is 402 g/mol. The highest BCUT2D eigenvalue weighted by Crippen LogP contribution is 2.28. The van der Waals surface area contributed by atoms with E-state index < -0.39 is 61.9 Å². The molecule has 10 nitrogen and oxygen atoms in total. The lowest BCUT2D eigenvalue weighted by molar-refractivity contribution is -0.349. The Kier molecular flexibility index (Phi) is 7.34. The first-order chi connectivity index (χ1) is 13.4. The van der Waals surface area contributed by atoms with Crippen LogP contribution in [-0.2, 0) is 25.6 Å². The molecule has 2 fully saturated rings. The van der Waals surface area contributed by atoms with Crippen LogP contribution < -0.4 is 0 Å². The van der Waals surface area contributed by atoms with E-state index >= 15 is 0 Å². The molecule has 2 aliphatic heterocycles. The van der Waals surface area contributed by atoms with Crippen LogP contribution in [0, 0.1) is 0 Å². The Hall–Kier alpha value is -1.18.